The zero-order valence-corrected chi connectivity index (χ0v) is 10.6. The molecule has 0 unspecified atom stereocenters. The maximum absolute atomic E-state index is 12.2. The first kappa shape index (κ1) is 11.8. The number of carbonyl (C=O) groups is 1. The van der Waals surface area contributed by atoms with Crippen molar-refractivity contribution in [2.45, 2.75) is 25.3 Å². The average Bonchev–Trinajstić information content (AvgIpc) is 2.77. The summed E-state index contributed by atoms with van der Waals surface area (Å²) >= 11 is 0. The van der Waals surface area contributed by atoms with E-state index in [0.29, 0.717) is 11.1 Å². The first-order valence-corrected chi connectivity index (χ1v) is 6.28. The summed E-state index contributed by atoms with van der Waals surface area (Å²) in [5.41, 5.74) is 0.674. The fraction of sp³-hybridized carbons (Fsp3) is 0.385. The molecule has 0 atom stereocenters. The molecule has 0 spiro atoms. The molecule has 1 fully saturated rings. The Hall–Kier alpha value is -2.24. The van der Waals surface area contributed by atoms with Gasteiger partial charge in [0.15, 0.2) is 5.75 Å². The minimum Gasteiger partial charge on any atom is -0.491 e. The second-order valence-corrected chi connectivity index (χ2v) is 4.72. The predicted octanol–water partition coefficient (Wildman–Crippen LogP) is 0.918. The molecule has 1 amide bonds. The monoisotopic (exact) mass is 261 g/mol. The Labute approximate surface area is 109 Å². The minimum atomic E-state index is -0.236. The number of hydrogen-bond acceptors (Lipinski definition) is 3. The van der Waals surface area contributed by atoms with Crippen molar-refractivity contribution in [3.63, 3.8) is 0 Å². The van der Waals surface area contributed by atoms with Gasteiger partial charge in [-0.1, -0.05) is 0 Å². The van der Waals surface area contributed by atoms with Crippen LogP contribution in [0.2, 0.25) is 0 Å². The lowest BCUT2D eigenvalue weighted by molar-refractivity contribution is 0.0918. The second kappa shape index (κ2) is 4.46. The van der Waals surface area contributed by atoms with Crippen LogP contribution < -0.4 is 15.5 Å². The van der Waals surface area contributed by atoms with Gasteiger partial charge in [0.05, 0.1) is 12.7 Å². The van der Waals surface area contributed by atoms with Crippen LogP contribution in [-0.4, -0.2) is 28.7 Å². The Bertz CT molecular complexity index is 682. The number of rotatable bonds is 3. The van der Waals surface area contributed by atoms with Crippen LogP contribution in [0.5, 0.6) is 5.75 Å². The summed E-state index contributed by atoms with van der Waals surface area (Å²) in [6.45, 7) is 0. The van der Waals surface area contributed by atoms with E-state index < -0.39 is 0 Å². The maximum Gasteiger partial charge on any atom is 0.255 e. The first-order valence-electron chi connectivity index (χ1n) is 6.28. The highest BCUT2D eigenvalue weighted by Gasteiger charge is 2.23. The Balaban J connectivity index is 2.05. The van der Waals surface area contributed by atoms with Gasteiger partial charge in [0.25, 0.3) is 5.91 Å². The Morgan fingerprint density at radius 2 is 2.32 bits per heavy atom. The number of aromatic amines is 1. The quantitative estimate of drug-likeness (QED) is 0.862. The summed E-state index contributed by atoms with van der Waals surface area (Å²) in [5, 5.41) is 5.87. The van der Waals surface area contributed by atoms with E-state index in [2.05, 4.69) is 10.4 Å². The molecule has 100 valence electrons. The smallest absolute Gasteiger partial charge is 0.255 e. The van der Waals surface area contributed by atoms with Gasteiger partial charge in [-0.15, -0.1) is 0 Å². The van der Waals surface area contributed by atoms with Crippen LogP contribution in [0.25, 0.3) is 5.52 Å². The van der Waals surface area contributed by atoms with Gasteiger partial charge in [0.2, 0.25) is 5.43 Å². The molecule has 2 N–H and O–H groups in total. The highest BCUT2D eigenvalue weighted by atomic mass is 16.5. The highest BCUT2D eigenvalue weighted by Crippen LogP contribution is 2.22. The Morgan fingerprint density at radius 1 is 1.53 bits per heavy atom. The molecule has 0 aromatic carbocycles. The van der Waals surface area contributed by atoms with Gasteiger partial charge in [-0.25, -0.2) is 0 Å². The number of fused-ring (bicyclic) bond motifs is 1. The van der Waals surface area contributed by atoms with E-state index in [9.17, 15) is 9.59 Å². The van der Waals surface area contributed by atoms with Gasteiger partial charge in [-0.05, 0) is 19.3 Å². The first-order chi connectivity index (χ1) is 9.20. The molecule has 2 aromatic heterocycles. The average molecular weight is 261 g/mol. The lowest BCUT2D eigenvalue weighted by Crippen LogP contribution is -2.39. The molecule has 1 saturated carbocycles. The molecule has 6 heteroatoms. The number of aromatic nitrogens is 2. The second-order valence-electron chi connectivity index (χ2n) is 4.72. The van der Waals surface area contributed by atoms with E-state index in [1.807, 2.05) is 0 Å². The van der Waals surface area contributed by atoms with Gasteiger partial charge >= 0.3 is 0 Å². The molecule has 3 rings (SSSR count). The summed E-state index contributed by atoms with van der Waals surface area (Å²) in [4.78, 5) is 23.9. The molecule has 2 heterocycles. The fourth-order valence-corrected chi connectivity index (χ4v) is 2.27. The van der Waals surface area contributed by atoms with Gasteiger partial charge < -0.3 is 15.2 Å². The summed E-state index contributed by atoms with van der Waals surface area (Å²) in [6.07, 6.45) is 6.36. The van der Waals surface area contributed by atoms with Gasteiger partial charge in [-0.3, -0.25) is 14.1 Å². The zero-order chi connectivity index (χ0) is 13.4. The SMILES string of the molecule is COc1c(=O)ccn2[nH]cc(C(=O)NC3CCC3)c12. The van der Waals surface area contributed by atoms with E-state index in [1.165, 1.54) is 13.2 Å². The third-order valence-electron chi connectivity index (χ3n) is 3.55. The minimum absolute atomic E-state index is 0.174. The molecular formula is C13H15N3O3. The van der Waals surface area contributed by atoms with E-state index in [1.54, 1.807) is 16.9 Å². The van der Waals surface area contributed by atoms with Crippen molar-refractivity contribution in [2.75, 3.05) is 7.11 Å². The largest absolute Gasteiger partial charge is 0.491 e. The number of ether oxygens (including phenoxy) is 1. The Kier molecular flexibility index (Phi) is 2.77. The van der Waals surface area contributed by atoms with Crippen LogP contribution in [0, 0.1) is 0 Å². The topological polar surface area (TPSA) is 75.6 Å². The van der Waals surface area contributed by atoms with Crippen LogP contribution in [0.15, 0.2) is 23.3 Å². The number of methoxy groups -OCH3 is 1. The summed E-state index contributed by atoms with van der Waals surface area (Å²) < 4.78 is 6.73. The van der Waals surface area contributed by atoms with E-state index >= 15 is 0 Å². The molecule has 1 aliphatic carbocycles. The number of carbonyl (C=O) groups excluding carboxylic acids is 1. The lowest BCUT2D eigenvalue weighted by atomic mass is 9.93. The lowest BCUT2D eigenvalue weighted by Gasteiger charge is -2.26. The van der Waals surface area contributed by atoms with Gasteiger partial charge in [0.1, 0.15) is 5.52 Å². The number of pyridine rings is 1. The van der Waals surface area contributed by atoms with Crippen LogP contribution in [0.4, 0.5) is 0 Å². The predicted molar refractivity (Wildman–Crippen MR) is 69.7 cm³/mol. The van der Waals surface area contributed by atoms with Crippen LogP contribution in [0.1, 0.15) is 29.6 Å². The van der Waals surface area contributed by atoms with Crippen LogP contribution >= 0.6 is 0 Å². The molecular weight excluding hydrogens is 246 g/mol. The van der Waals surface area contributed by atoms with Crippen molar-refractivity contribution in [1.29, 1.82) is 0 Å². The van der Waals surface area contributed by atoms with Crippen molar-refractivity contribution in [1.82, 2.24) is 14.9 Å². The number of nitrogens with one attached hydrogen (secondary N) is 2. The molecule has 0 saturated heterocycles. The zero-order valence-electron chi connectivity index (χ0n) is 10.6. The van der Waals surface area contributed by atoms with E-state index in [0.717, 1.165) is 19.3 Å². The van der Waals surface area contributed by atoms with Crippen molar-refractivity contribution in [2.24, 2.45) is 0 Å². The van der Waals surface area contributed by atoms with Gasteiger partial charge in [-0.2, -0.15) is 0 Å². The molecule has 1 aliphatic rings. The standard InChI is InChI=1S/C13H15N3O3/c1-19-12-10(17)5-6-16-11(12)9(7-14-16)13(18)15-8-3-2-4-8/h5-8,14H,2-4H2,1H3,(H,15,18). The molecule has 6 nitrogen and oxygen atoms in total. The summed E-state index contributed by atoms with van der Waals surface area (Å²) in [5.74, 6) is 0.00913. The molecule has 0 bridgehead atoms. The number of amides is 1. The van der Waals surface area contributed by atoms with Crippen molar-refractivity contribution < 1.29 is 9.53 Å². The molecule has 2 aromatic rings. The normalized spacial score (nSPS) is 15.2. The maximum atomic E-state index is 12.2. The summed E-state index contributed by atoms with van der Waals surface area (Å²) in [6, 6.07) is 1.65. The van der Waals surface area contributed by atoms with E-state index in [4.69, 9.17) is 4.74 Å². The van der Waals surface area contributed by atoms with Gasteiger partial charge in [0, 0.05) is 24.5 Å². The third-order valence-corrected chi connectivity index (χ3v) is 3.55. The van der Waals surface area contributed by atoms with Crippen molar-refractivity contribution >= 4 is 11.4 Å². The van der Waals surface area contributed by atoms with Crippen LogP contribution in [0.3, 0.4) is 0 Å². The van der Waals surface area contributed by atoms with Crippen LogP contribution in [-0.2, 0) is 0 Å². The van der Waals surface area contributed by atoms with Crippen molar-refractivity contribution in [3.8, 4) is 5.75 Å². The Morgan fingerprint density at radius 3 is 2.95 bits per heavy atom. The highest BCUT2D eigenvalue weighted by molar-refractivity contribution is 6.02. The molecule has 0 aliphatic heterocycles. The number of H-pyrrole nitrogens is 1. The van der Waals surface area contributed by atoms with E-state index in [-0.39, 0.29) is 23.1 Å². The molecule has 0 radical (unpaired) electrons. The molecule has 19 heavy (non-hydrogen) atoms. The van der Waals surface area contributed by atoms with Crippen molar-refractivity contribution in [3.05, 3.63) is 34.2 Å². The fourth-order valence-electron chi connectivity index (χ4n) is 2.27. The number of nitrogens with zero attached hydrogens (tertiary/aromatic N) is 1. The number of hydrogen-bond donors (Lipinski definition) is 2. The summed E-state index contributed by atoms with van der Waals surface area (Å²) in [7, 11) is 1.43. The third kappa shape index (κ3) is 1.89.